The van der Waals surface area contributed by atoms with Gasteiger partial charge in [-0.3, -0.25) is 0 Å². The lowest BCUT2D eigenvalue weighted by atomic mass is 9.95. The summed E-state index contributed by atoms with van der Waals surface area (Å²) in [7, 11) is 0. The normalized spacial score (nSPS) is 19.8. The second kappa shape index (κ2) is 6.38. The molecule has 0 amide bonds. The van der Waals surface area contributed by atoms with Crippen molar-refractivity contribution < 1.29 is 4.74 Å². The molecule has 0 bridgehead atoms. The Hall–Kier alpha value is -0.380. The first-order valence-corrected chi connectivity index (χ1v) is 7.10. The van der Waals surface area contributed by atoms with E-state index in [1.54, 1.807) is 11.3 Å². The number of hydrogen-bond donors (Lipinski definition) is 1. The van der Waals surface area contributed by atoms with Gasteiger partial charge in [-0.2, -0.15) is 0 Å². The summed E-state index contributed by atoms with van der Waals surface area (Å²) in [5.74, 6) is 0.872. The van der Waals surface area contributed by atoms with Crippen molar-refractivity contribution in [2.24, 2.45) is 5.92 Å². The molecule has 1 aromatic rings. The van der Waals surface area contributed by atoms with Crippen LogP contribution in [0.3, 0.4) is 0 Å². The van der Waals surface area contributed by atoms with Crippen LogP contribution in [0, 0.1) is 5.92 Å². The lowest BCUT2D eigenvalue weighted by Gasteiger charge is -2.23. The first-order valence-electron chi connectivity index (χ1n) is 6.22. The van der Waals surface area contributed by atoms with E-state index in [9.17, 15) is 0 Å². The molecule has 16 heavy (non-hydrogen) atoms. The molecule has 0 aliphatic carbocycles. The van der Waals surface area contributed by atoms with E-state index in [4.69, 9.17) is 4.74 Å². The van der Waals surface area contributed by atoms with Gasteiger partial charge in [0.15, 0.2) is 0 Å². The second-order valence-corrected chi connectivity index (χ2v) is 5.49. The SMILES string of the molecule is CC(OCCC1CCNCC1)c1cccs1. The van der Waals surface area contributed by atoms with Gasteiger partial charge in [0.25, 0.3) is 0 Å². The monoisotopic (exact) mass is 239 g/mol. The molecule has 0 saturated carbocycles. The van der Waals surface area contributed by atoms with Gasteiger partial charge >= 0.3 is 0 Å². The topological polar surface area (TPSA) is 21.3 Å². The lowest BCUT2D eigenvalue weighted by Crippen LogP contribution is -2.28. The highest BCUT2D eigenvalue weighted by molar-refractivity contribution is 7.10. The highest BCUT2D eigenvalue weighted by atomic mass is 32.1. The zero-order chi connectivity index (χ0) is 11.2. The van der Waals surface area contributed by atoms with Crippen molar-refractivity contribution in [1.29, 1.82) is 0 Å². The van der Waals surface area contributed by atoms with Crippen LogP contribution in [-0.2, 0) is 4.74 Å². The van der Waals surface area contributed by atoms with Crippen LogP contribution in [0.15, 0.2) is 17.5 Å². The molecule has 2 nitrogen and oxygen atoms in total. The van der Waals surface area contributed by atoms with Crippen LogP contribution in [0.25, 0.3) is 0 Å². The highest BCUT2D eigenvalue weighted by Gasteiger charge is 2.13. The van der Waals surface area contributed by atoms with Crippen LogP contribution < -0.4 is 5.32 Å². The van der Waals surface area contributed by atoms with Crippen molar-refractivity contribution in [1.82, 2.24) is 5.32 Å². The molecule has 3 heteroatoms. The summed E-state index contributed by atoms with van der Waals surface area (Å²) in [5, 5.41) is 5.51. The van der Waals surface area contributed by atoms with Gasteiger partial charge in [-0.05, 0) is 56.6 Å². The quantitative estimate of drug-likeness (QED) is 0.852. The molecule has 1 aromatic heterocycles. The summed E-state index contributed by atoms with van der Waals surface area (Å²) in [5.41, 5.74) is 0. The number of hydrogen-bond acceptors (Lipinski definition) is 3. The maximum absolute atomic E-state index is 5.88. The van der Waals surface area contributed by atoms with Crippen molar-refractivity contribution in [3.8, 4) is 0 Å². The molecule has 1 N–H and O–H groups in total. The molecule has 0 radical (unpaired) electrons. The Kier molecular flexibility index (Phi) is 4.82. The average Bonchev–Trinajstić information content (AvgIpc) is 2.84. The maximum Gasteiger partial charge on any atom is 0.0888 e. The van der Waals surface area contributed by atoms with E-state index in [0.29, 0.717) is 0 Å². The summed E-state index contributed by atoms with van der Waals surface area (Å²) in [6.07, 6.45) is 4.12. The predicted molar refractivity (Wildman–Crippen MR) is 68.9 cm³/mol. The Bertz CT molecular complexity index is 280. The van der Waals surface area contributed by atoms with Crippen molar-refractivity contribution in [2.45, 2.75) is 32.3 Å². The zero-order valence-electron chi connectivity index (χ0n) is 9.95. The minimum atomic E-state index is 0.265. The number of rotatable bonds is 5. The summed E-state index contributed by atoms with van der Waals surface area (Å²) >= 11 is 1.78. The van der Waals surface area contributed by atoms with Crippen molar-refractivity contribution in [3.63, 3.8) is 0 Å². The van der Waals surface area contributed by atoms with Gasteiger partial charge in [0, 0.05) is 11.5 Å². The predicted octanol–water partition coefficient (Wildman–Crippen LogP) is 3.22. The Labute approximate surface area is 102 Å². The van der Waals surface area contributed by atoms with E-state index in [-0.39, 0.29) is 6.10 Å². The van der Waals surface area contributed by atoms with Crippen molar-refractivity contribution >= 4 is 11.3 Å². The number of piperidine rings is 1. The van der Waals surface area contributed by atoms with Crippen LogP contribution in [0.2, 0.25) is 0 Å². The molecule has 1 atom stereocenters. The first-order chi connectivity index (χ1) is 7.86. The van der Waals surface area contributed by atoms with Gasteiger partial charge in [-0.1, -0.05) is 6.07 Å². The fourth-order valence-corrected chi connectivity index (χ4v) is 2.92. The Morgan fingerprint density at radius 1 is 1.50 bits per heavy atom. The Balaban J connectivity index is 1.63. The number of thiophene rings is 1. The van der Waals surface area contributed by atoms with Gasteiger partial charge in [-0.15, -0.1) is 11.3 Å². The smallest absolute Gasteiger partial charge is 0.0888 e. The third kappa shape index (κ3) is 3.58. The Morgan fingerprint density at radius 2 is 2.31 bits per heavy atom. The van der Waals surface area contributed by atoms with E-state index in [1.807, 2.05) is 0 Å². The molecular weight excluding hydrogens is 218 g/mol. The largest absolute Gasteiger partial charge is 0.373 e. The fourth-order valence-electron chi connectivity index (χ4n) is 2.19. The van der Waals surface area contributed by atoms with Crippen LogP contribution >= 0.6 is 11.3 Å². The first kappa shape index (κ1) is 12.1. The van der Waals surface area contributed by atoms with E-state index in [2.05, 4.69) is 29.8 Å². The molecule has 90 valence electrons. The minimum Gasteiger partial charge on any atom is -0.373 e. The van der Waals surface area contributed by atoms with Gasteiger partial charge < -0.3 is 10.1 Å². The molecule has 1 fully saturated rings. The Morgan fingerprint density at radius 3 is 3.00 bits per heavy atom. The third-order valence-corrected chi connectivity index (χ3v) is 4.33. The van der Waals surface area contributed by atoms with E-state index >= 15 is 0 Å². The van der Waals surface area contributed by atoms with Crippen molar-refractivity contribution in [2.75, 3.05) is 19.7 Å². The van der Waals surface area contributed by atoms with Crippen LogP contribution in [0.1, 0.15) is 37.2 Å². The highest BCUT2D eigenvalue weighted by Crippen LogP contribution is 2.23. The molecule has 2 rings (SSSR count). The van der Waals surface area contributed by atoms with Crippen LogP contribution in [0.4, 0.5) is 0 Å². The van der Waals surface area contributed by atoms with Crippen LogP contribution in [-0.4, -0.2) is 19.7 Å². The summed E-state index contributed by atoms with van der Waals surface area (Å²) < 4.78 is 5.88. The summed E-state index contributed by atoms with van der Waals surface area (Å²) in [6.45, 7) is 5.42. The van der Waals surface area contributed by atoms with Gasteiger partial charge in [0.05, 0.1) is 6.10 Å². The molecule has 1 aliphatic heterocycles. The lowest BCUT2D eigenvalue weighted by molar-refractivity contribution is 0.0555. The maximum atomic E-state index is 5.88. The van der Waals surface area contributed by atoms with E-state index < -0.39 is 0 Å². The second-order valence-electron chi connectivity index (χ2n) is 4.51. The minimum absolute atomic E-state index is 0.265. The average molecular weight is 239 g/mol. The van der Waals surface area contributed by atoms with E-state index in [1.165, 1.54) is 37.2 Å². The molecular formula is C13H21NOS. The molecule has 1 saturated heterocycles. The molecule has 1 unspecified atom stereocenters. The molecule has 0 aromatic carbocycles. The molecule has 1 aliphatic rings. The van der Waals surface area contributed by atoms with Gasteiger partial charge in [0.2, 0.25) is 0 Å². The zero-order valence-corrected chi connectivity index (χ0v) is 10.8. The molecule has 2 heterocycles. The van der Waals surface area contributed by atoms with Gasteiger partial charge in [-0.25, -0.2) is 0 Å². The summed E-state index contributed by atoms with van der Waals surface area (Å²) in [6, 6.07) is 4.24. The van der Waals surface area contributed by atoms with Gasteiger partial charge in [0.1, 0.15) is 0 Å². The fraction of sp³-hybridized carbons (Fsp3) is 0.692. The number of ether oxygens (including phenoxy) is 1. The number of nitrogens with one attached hydrogen (secondary N) is 1. The van der Waals surface area contributed by atoms with Crippen molar-refractivity contribution in [3.05, 3.63) is 22.4 Å². The molecule has 0 spiro atoms. The summed E-state index contributed by atoms with van der Waals surface area (Å²) in [4.78, 5) is 1.34. The van der Waals surface area contributed by atoms with Crippen LogP contribution in [0.5, 0.6) is 0 Å². The standard InChI is InChI=1S/C13H21NOS/c1-11(13-3-2-10-16-13)15-9-6-12-4-7-14-8-5-12/h2-3,10-12,14H,4-9H2,1H3. The van der Waals surface area contributed by atoms with E-state index in [0.717, 1.165) is 12.5 Å². The third-order valence-electron chi connectivity index (χ3n) is 3.30.